The highest BCUT2D eigenvalue weighted by molar-refractivity contribution is 6.46. The number of fused-ring (bicyclic) bond motifs is 1. The maximum absolute atomic E-state index is 13.5. The SMILES string of the molecule is COc1ccc(CN2C(=O)C(=O)/C(=C(/O)c3ccc(OC)c(C(C)C)c3)C2c2c[nH]c3ccccc23)cc1. The number of carbonyl (C=O) groups excluding carboxylic acids is 2. The first-order chi connectivity index (χ1) is 18.3. The van der Waals surface area contributed by atoms with Crippen LogP contribution in [-0.2, 0) is 16.1 Å². The highest BCUT2D eigenvalue weighted by atomic mass is 16.5. The van der Waals surface area contributed by atoms with Crippen LogP contribution in [0, 0.1) is 0 Å². The van der Waals surface area contributed by atoms with E-state index >= 15 is 0 Å². The second-order valence-corrected chi connectivity index (χ2v) is 9.68. The summed E-state index contributed by atoms with van der Waals surface area (Å²) in [4.78, 5) is 31.8. The van der Waals surface area contributed by atoms with Gasteiger partial charge >= 0.3 is 0 Å². The summed E-state index contributed by atoms with van der Waals surface area (Å²) >= 11 is 0. The molecule has 38 heavy (non-hydrogen) atoms. The molecule has 2 heterocycles. The van der Waals surface area contributed by atoms with Gasteiger partial charge in [0.2, 0.25) is 0 Å². The molecule has 1 fully saturated rings. The van der Waals surface area contributed by atoms with Gasteiger partial charge in [-0.15, -0.1) is 0 Å². The maximum atomic E-state index is 13.5. The van der Waals surface area contributed by atoms with Crippen LogP contribution in [0.25, 0.3) is 16.7 Å². The van der Waals surface area contributed by atoms with Crippen LogP contribution in [0.15, 0.2) is 78.5 Å². The minimum absolute atomic E-state index is 0.0631. The van der Waals surface area contributed by atoms with E-state index < -0.39 is 17.7 Å². The summed E-state index contributed by atoms with van der Waals surface area (Å²) in [5.74, 6) is -0.0578. The molecule has 3 aromatic carbocycles. The fourth-order valence-corrected chi connectivity index (χ4v) is 5.10. The van der Waals surface area contributed by atoms with Gasteiger partial charge in [0.15, 0.2) is 0 Å². The molecule has 0 radical (unpaired) electrons. The van der Waals surface area contributed by atoms with Crippen molar-refractivity contribution < 1.29 is 24.2 Å². The van der Waals surface area contributed by atoms with E-state index in [2.05, 4.69) is 4.98 Å². The minimum atomic E-state index is -0.780. The predicted octanol–water partition coefficient (Wildman–Crippen LogP) is 5.93. The number of Topliss-reactive ketones (excluding diaryl/α,β-unsaturated/α-hetero) is 1. The number of aliphatic hydroxyl groups excluding tert-OH is 1. The smallest absolute Gasteiger partial charge is 0.295 e. The van der Waals surface area contributed by atoms with Crippen molar-refractivity contribution in [1.82, 2.24) is 9.88 Å². The Morgan fingerprint density at radius 3 is 2.42 bits per heavy atom. The van der Waals surface area contributed by atoms with E-state index in [4.69, 9.17) is 9.47 Å². The molecule has 2 N–H and O–H groups in total. The molecule has 0 aliphatic carbocycles. The first kappa shape index (κ1) is 25.1. The molecule has 1 aromatic heterocycles. The second kappa shape index (κ2) is 10.1. The number of nitrogens with zero attached hydrogens (tertiary/aromatic N) is 1. The Morgan fingerprint density at radius 2 is 1.74 bits per heavy atom. The highest BCUT2D eigenvalue weighted by Crippen LogP contribution is 2.43. The Balaban J connectivity index is 1.68. The van der Waals surface area contributed by atoms with Crippen LogP contribution < -0.4 is 9.47 Å². The van der Waals surface area contributed by atoms with Crippen molar-refractivity contribution >= 4 is 28.4 Å². The molecule has 0 bridgehead atoms. The third-order valence-corrected chi connectivity index (χ3v) is 7.09. The zero-order valence-electron chi connectivity index (χ0n) is 21.8. The van der Waals surface area contributed by atoms with Gasteiger partial charge in [0.1, 0.15) is 17.3 Å². The maximum Gasteiger partial charge on any atom is 0.295 e. The standard InChI is InChI=1S/C31H30N2O5/c1-18(2)23-15-20(11-14-26(23)38-4)29(34)27-28(24-16-32-25-8-6-5-7-22(24)25)33(31(36)30(27)35)17-19-9-12-21(37-3)13-10-19/h5-16,18,28,32,34H,17H2,1-4H3/b29-27+. The average Bonchev–Trinajstić information content (AvgIpc) is 3.47. The van der Waals surface area contributed by atoms with E-state index in [0.29, 0.717) is 17.1 Å². The van der Waals surface area contributed by atoms with Crippen LogP contribution >= 0.6 is 0 Å². The number of aliphatic hydroxyl groups is 1. The number of aromatic nitrogens is 1. The van der Waals surface area contributed by atoms with Gasteiger partial charge < -0.3 is 24.5 Å². The molecule has 7 nitrogen and oxygen atoms in total. The first-order valence-corrected chi connectivity index (χ1v) is 12.5. The minimum Gasteiger partial charge on any atom is -0.507 e. The number of methoxy groups -OCH3 is 2. The Labute approximate surface area is 221 Å². The molecule has 1 aliphatic heterocycles. The molecule has 1 atom stereocenters. The van der Waals surface area contributed by atoms with Gasteiger partial charge in [-0.3, -0.25) is 9.59 Å². The first-order valence-electron chi connectivity index (χ1n) is 12.5. The molecule has 1 unspecified atom stereocenters. The lowest BCUT2D eigenvalue weighted by atomic mass is 9.93. The number of benzene rings is 3. The topological polar surface area (TPSA) is 91.9 Å². The van der Waals surface area contributed by atoms with Crippen LogP contribution in [0.3, 0.4) is 0 Å². The molecule has 1 aliphatic rings. The molecule has 7 heteroatoms. The van der Waals surface area contributed by atoms with Gasteiger partial charge in [-0.25, -0.2) is 0 Å². The number of nitrogens with one attached hydrogen (secondary N) is 1. The number of ether oxygens (including phenoxy) is 2. The summed E-state index contributed by atoms with van der Waals surface area (Å²) in [6.45, 7) is 4.25. The number of H-pyrrole nitrogens is 1. The zero-order valence-corrected chi connectivity index (χ0v) is 21.8. The largest absolute Gasteiger partial charge is 0.507 e. The van der Waals surface area contributed by atoms with Gasteiger partial charge in [-0.2, -0.15) is 0 Å². The van der Waals surface area contributed by atoms with Crippen molar-refractivity contribution in [3.05, 3.63) is 101 Å². The average molecular weight is 511 g/mol. The van der Waals surface area contributed by atoms with E-state index in [-0.39, 0.29) is 23.8 Å². The van der Waals surface area contributed by atoms with Crippen molar-refractivity contribution in [3.63, 3.8) is 0 Å². The quantitative estimate of drug-likeness (QED) is 0.183. The van der Waals surface area contributed by atoms with Gasteiger partial charge in [-0.1, -0.05) is 44.2 Å². The molecular weight excluding hydrogens is 480 g/mol. The Bertz CT molecular complexity index is 1550. The van der Waals surface area contributed by atoms with Crippen LogP contribution in [0.4, 0.5) is 0 Å². The van der Waals surface area contributed by atoms with Gasteiger partial charge in [0.25, 0.3) is 11.7 Å². The third kappa shape index (κ3) is 4.30. The van der Waals surface area contributed by atoms with Crippen molar-refractivity contribution in [2.45, 2.75) is 32.4 Å². The number of rotatable bonds is 7. The molecule has 1 amide bonds. The Hall–Kier alpha value is -4.52. The molecule has 4 aromatic rings. The number of hydrogen-bond acceptors (Lipinski definition) is 5. The van der Waals surface area contributed by atoms with Crippen LogP contribution in [0.1, 0.15) is 48.1 Å². The normalized spacial score (nSPS) is 17.0. The summed E-state index contributed by atoms with van der Waals surface area (Å²) < 4.78 is 10.8. The van der Waals surface area contributed by atoms with Crippen LogP contribution in [0.2, 0.25) is 0 Å². The van der Waals surface area contributed by atoms with Gasteiger partial charge in [0, 0.05) is 34.8 Å². The highest BCUT2D eigenvalue weighted by Gasteiger charge is 2.47. The number of hydrogen-bond donors (Lipinski definition) is 2. The molecule has 194 valence electrons. The molecular formula is C31H30N2O5. The number of para-hydroxylation sites is 1. The Kier molecular flexibility index (Phi) is 6.68. The van der Waals surface area contributed by atoms with Gasteiger partial charge in [-0.05, 0) is 53.4 Å². The summed E-state index contributed by atoms with van der Waals surface area (Å²) in [6, 6.07) is 19.6. The van der Waals surface area contributed by atoms with E-state index in [0.717, 1.165) is 27.6 Å². The molecule has 0 spiro atoms. The van der Waals surface area contributed by atoms with Crippen LogP contribution in [-0.4, -0.2) is 40.9 Å². The van der Waals surface area contributed by atoms with Crippen LogP contribution in [0.5, 0.6) is 11.5 Å². The molecule has 0 saturated carbocycles. The fraction of sp³-hybridized carbons (Fsp3) is 0.226. The molecule has 1 saturated heterocycles. The Morgan fingerprint density at radius 1 is 1.00 bits per heavy atom. The van der Waals surface area contributed by atoms with E-state index in [9.17, 15) is 14.7 Å². The predicted molar refractivity (Wildman–Crippen MR) is 146 cm³/mol. The van der Waals surface area contributed by atoms with Crippen molar-refractivity contribution in [1.29, 1.82) is 0 Å². The second-order valence-electron chi connectivity index (χ2n) is 9.68. The van der Waals surface area contributed by atoms with E-state index in [1.165, 1.54) is 4.90 Å². The van der Waals surface area contributed by atoms with Gasteiger partial charge in [0.05, 0.1) is 25.8 Å². The third-order valence-electron chi connectivity index (χ3n) is 7.09. The fourth-order valence-electron chi connectivity index (χ4n) is 5.10. The monoisotopic (exact) mass is 510 g/mol. The van der Waals surface area contributed by atoms with Crippen molar-refractivity contribution in [2.24, 2.45) is 0 Å². The zero-order chi connectivity index (χ0) is 27.0. The number of amides is 1. The lowest BCUT2D eigenvalue weighted by molar-refractivity contribution is -0.140. The summed E-state index contributed by atoms with van der Waals surface area (Å²) in [5, 5.41) is 12.5. The number of ketones is 1. The summed E-state index contributed by atoms with van der Waals surface area (Å²) in [6.07, 6.45) is 1.81. The van der Waals surface area contributed by atoms with Crippen molar-refractivity contribution in [3.8, 4) is 11.5 Å². The van der Waals surface area contributed by atoms with E-state index in [1.54, 1.807) is 26.4 Å². The number of likely N-dealkylation sites (tertiary alicyclic amines) is 1. The molecule has 5 rings (SSSR count). The number of aromatic amines is 1. The van der Waals surface area contributed by atoms with E-state index in [1.807, 2.05) is 74.6 Å². The number of carbonyl (C=O) groups is 2. The summed E-state index contributed by atoms with van der Waals surface area (Å²) in [7, 11) is 3.19. The lowest BCUT2D eigenvalue weighted by Crippen LogP contribution is -2.29. The lowest BCUT2D eigenvalue weighted by Gasteiger charge is -2.25. The van der Waals surface area contributed by atoms with Crippen molar-refractivity contribution in [2.75, 3.05) is 14.2 Å². The summed E-state index contributed by atoms with van der Waals surface area (Å²) in [5.41, 5.74) is 3.88.